The summed E-state index contributed by atoms with van der Waals surface area (Å²) in [7, 11) is 1.99. The molecule has 1 amide bonds. The molecule has 126 valence electrons. The first-order valence-electron chi connectivity index (χ1n) is 8.38. The number of hydrogen-bond acceptors (Lipinski definition) is 5. The van der Waals surface area contributed by atoms with Gasteiger partial charge in [0.05, 0.1) is 6.10 Å². The fourth-order valence-corrected chi connectivity index (χ4v) is 3.74. The summed E-state index contributed by atoms with van der Waals surface area (Å²) in [6.45, 7) is 3.05. The number of nitrogen functional groups attached to an aromatic ring is 1. The van der Waals surface area contributed by atoms with E-state index in [1.165, 1.54) is 5.56 Å². The summed E-state index contributed by atoms with van der Waals surface area (Å²) in [4.78, 5) is 20.7. The summed E-state index contributed by atoms with van der Waals surface area (Å²) >= 11 is 0. The number of carbonyl (C=O) groups excluding carboxylic acids is 1. The van der Waals surface area contributed by atoms with Gasteiger partial charge in [-0.25, -0.2) is 4.98 Å². The number of aromatic nitrogens is 1. The van der Waals surface area contributed by atoms with E-state index in [1.807, 2.05) is 30.3 Å². The number of rotatable bonds is 3. The minimum absolute atomic E-state index is 0.0755. The van der Waals surface area contributed by atoms with Crippen LogP contribution in [0.5, 0.6) is 0 Å². The molecule has 3 N–H and O–H groups in total. The van der Waals surface area contributed by atoms with Crippen molar-refractivity contribution < 1.29 is 9.90 Å². The third kappa shape index (κ3) is 3.82. The van der Waals surface area contributed by atoms with Gasteiger partial charge in [-0.05, 0) is 37.4 Å². The van der Waals surface area contributed by atoms with E-state index in [9.17, 15) is 9.90 Å². The lowest BCUT2D eigenvalue weighted by Gasteiger charge is -2.33. The molecule has 1 aromatic rings. The lowest BCUT2D eigenvalue weighted by atomic mass is 9.90. The maximum Gasteiger partial charge on any atom is 0.222 e. The van der Waals surface area contributed by atoms with E-state index in [-0.39, 0.29) is 17.9 Å². The SMILES string of the molecule is CN1C[C@@H](CC(=O)N2CCC(c3ccc(N)nc3)CC2)[C@H](O)C1. The minimum atomic E-state index is -0.373. The van der Waals surface area contributed by atoms with E-state index in [1.54, 1.807) is 0 Å². The molecule has 0 radical (unpaired) electrons. The molecule has 0 bridgehead atoms. The number of hydrogen-bond donors (Lipinski definition) is 2. The number of carbonyl (C=O) groups is 1. The van der Waals surface area contributed by atoms with Gasteiger partial charge in [0.25, 0.3) is 0 Å². The standard InChI is InChI=1S/C17H26N4O2/c1-20-10-14(15(22)11-20)8-17(23)21-6-4-12(5-7-21)13-2-3-16(18)19-9-13/h2-3,9,12,14-15,22H,4-8,10-11H2,1H3,(H2,18,19)/t14-,15-/m1/s1. The average Bonchev–Trinajstić information content (AvgIpc) is 2.86. The van der Waals surface area contributed by atoms with E-state index in [4.69, 9.17) is 5.73 Å². The van der Waals surface area contributed by atoms with Crippen molar-refractivity contribution in [2.24, 2.45) is 5.92 Å². The van der Waals surface area contributed by atoms with Gasteiger partial charge in [-0.3, -0.25) is 4.79 Å². The molecule has 2 aliphatic rings. The van der Waals surface area contributed by atoms with Gasteiger partial charge < -0.3 is 20.6 Å². The van der Waals surface area contributed by atoms with Gasteiger partial charge >= 0.3 is 0 Å². The molecule has 0 unspecified atom stereocenters. The fraction of sp³-hybridized carbons (Fsp3) is 0.647. The molecule has 2 fully saturated rings. The molecule has 2 aliphatic heterocycles. The molecular formula is C17H26N4O2. The predicted octanol–water partition coefficient (Wildman–Crippen LogP) is 0.682. The van der Waals surface area contributed by atoms with E-state index < -0.39 is 0 Å². The van der Waals surface area contributed by atoms with Gasteiger partial charge in [0.15, 0.2) is 0 Å². The van der Waals surface area contributed by atoms with Crippen LogP contribution in [0.2, 0.25) is 0 Å². The molecule has 0 aromatic carbocycles. The number of aliphatic hydroxyl groups is 1. The van der Waals surface area contributed by atoms with Crippen LogP contribution in [0.25, 0.3) is 0 Å². The highest BCUT2D eigenvalue weighted by molar-refractivity contribution is 5.76. The Kier molecular flexibility index (Phi) is 4.82. The number of amides is 1. The largest absolute Gasteiger partial charge is 0.391 e. The van der Waals surface area contributed by atoms with Crippen molar-refractivity contribution in [1.82, 2.24) is 14.8 Å². The summed E-state index contributed by atoms with van der Waals surface area (Å²) in [5.41, 5.74) is 6.84. The molecule has 2 atom stereocenters. The second-order valence-electron chi connectivity index (χ2n) is 6.92. The Morgan fingerprint density at radius 1 is 1.35 bits per heavy atom. The third-order valence-corrected chi connectivity index (χ3v) is 5.15. The molecule has 6 heteroatoms. The number of β-amino-alcohol motifs (C(OH)–C–C–N with tert-alkyl or cyclic N) is 1. The first-order valence-corrected chi connectivity index (χ1v) is 8.38. The van der Waals surface area contributed by atoms with Crippen LogP contribution in [0.1, 0.15) is 30.7 Å². The van der Waals surface area contributed by atoms with Gasteiger partial charge in [0, 0.05) is 44.7 Å². The fourth-order valence-electron chi connectivity index (χ4n) is 3.74. The third-order valence-electron chi connectivity index (χ3n) is 5.15. The van der Waals surface area contributed by atoms with Gasteiger partial charge in [0.2, 0.25) is 5.91 Å². The van der Waals surface area contributed by atoms with Crippen molar-refractivity contribution in [2.75, 3.05) is 39.0 Å². The maximum absolute atomic E-state index is 12.5. The molecule has 1 aromatic heterocycles. The predicted molar refractivity (Wildman–Crippen MR) is 88.8 cm³/mol. The van der Waals surface area contributed by atoms with Gasteiger partial charge in [0.1, 0.15) is 5.82 Å². The van der Waals surface area contributed by atoms with Crippen LogP contribution < -0.4 is 5.73 Å². The maximum atomic E-state index is 12.5. The molecule has 3 heterocycles. The highest BCUT2D eigenvalue weighted by Crippen LogP contribution is 2.29. The molecule has 0 saturated carbocycles. The van der Waals surface area contributed by atoms with Crippen molar-refractivity contribution >= 4 is 11.7 Å². The van der Waals surface area contributed by atoms with E-state index in [2.05, 4.69) is 9.88 Å². The van der Waals surface area contributed by atoms with Crippen LogP contribution in [-0.4, -0.2) is 65.1 Å². The Balaban J connectivity index is 1.50. The van der Waals surface area contributed by atoms with Crippen molar-refractivity contribution in [1.29, 1.82) is 0 Å². The first-order chi connectivity index (χ1) is 11.0. The van der Waals surface area contributed by atoms with Gasteiger partial charge in [-0.15, -0.1) is 0 Å². The smallest absolute Gasteiger partial charge is 0.222 e. The molecule has 0 aliphatic carbocycles. The number of likely N-dealkylation sites (tertiary alicyclic amines) is 2. The van der Waals surface area contributed by atoms with Crippen molar-refractivity contribution in [2.45, 2.75) is 31.3 Å². The van der Waals surface area contributed by atoms with Crippen molar-refractivity contribution in [3.8, 4) is 0 Å². The summed E-state index contributed by atoms with van der Waals surface area (Å²) in [6.07, 6.45) is 3.86. The molecule has 6 nitrogen and oxygen atoms in total. The Hall–Kier alpha value is -1.66. The second kappa shape index (κ2) is 6.84. The molecule has 0 spiro atoms. The summed E-state index contributed by atoms with van der Waals surface area (Å²) in [6, 6.07) is 3.88. The van der Waals surface area contributed by atoms with E-state index in [0.29, 0.717) is 24.7 Å². The number of nitrogens with two attached hydrogens (primary N) is 1. The number of anilines is 1. The molecule has 2 saturated heterocycles. The Morgan fingerprint density at radius 2 is 2.09 bits per heavy atom. The second-order valence-corrected chi connectivity index (χ2v) is 6.92. The van der Waals surface area contributed by atoms with Crippen LogP contribution in [0.15, 0.2) is 18.3 Å². The zero-order chi connectivity index (χ0) is 16.4. The topological polar surface area (TPSA) is 82.7 Å². The van der Waals surface area contributed by atoms with Crippen LogP contribution in [0.4, 0.5) is 5.82 Å². The van der Waals surface area contributed by atoms with Crippen molar-refractivity contribution in [3.63, 3.8) is 0 Å². The average molecular weight is 318 g/mol. The molecule has 3 rings (SSSR count). The van der Waals surface area contributed by atoms with Gasteiger partial charge in [-0.2, -0.15) is 0 Å². The normalized spacial score (nSPS) is 26.6. The Morgan fingerprint density at radius 3 is 2.65 bits per heavy atom. The van der Waals surface area contributed by atoms with E-state index >= 15 is 0 Å². The summed E-state index contributed by atoms with van der Waals surface area (Å²) in [5.74, 6) is 1.25. The number of nitrogens with zero attached hydrogens (tertiary/aromatic N) is 3. The molecule has 23 heavy (non-hydrogen) atoms. The zero-order valence-corrected chi connectivity index (χ0v) is 13.7. The van der Waals surface area contributed by atoms with Crippen LogP contribution in [0.3, 0.4) is 0 Å². The lowest BCUT2D eigenvalue weighted by Crippen LogP contribution is -2.39. The minimum Gasteiger partial charge on any atom is -0.391 e. The Labute approximate surface area is 137 Å². The van der Waals surface area contributed by atoms with Crippen LogP contribution in [-0.2, 0) is 4.79 Å². The monoisotopic (exact) mass is 318 g/mol. The lowest BCUT2D eigenvalue weighted by molar-refractivity contribution is -0.133. The van der Waals surface area contributed by atoms with Crippen LogP contribution >= 0.6 is 0 Å². The van der Waals surface area contributed by atoms with Crippen LogP contribution in [0, 0.1) is 5.92 Å². The quantitative estimate of drug-likeness (QED) is 0.856. The first kappa shape index (κ1) is 16.2. The summed E-state index contributed by atoms with van der Waals surface area (Å²) in [5, 5.41) is 9.99. The molecular weight excluding hydrogens is 292 g/mol. The van der Waals surface area contributed by atoms with Crippen molar-refractivity contribution in [3.05, 3.63) is 23.9 Å². The van der Waals surface area contributed by atoms with Gasteiger partial charge in [-0.1, -0.05) is 6.07 Å². The highest BCUT2D eigenvalue weighted by Gasteiger charge is 2.33. The number of aliphatic hydroxyl groups excluding tert-OH is 1. The number of piperidine rings is 1. The van der Waals surface area contributed by atoms with E-state index in [0.717, 1.165) is 32.5 Å². The number of likely N-dealkylation sites (N-methyl/N-ethyl adjacent to an activating group) is 1. The summed E-state index contributed by atoms with van der Waals surface area (Å²) < 4.78 is 0. The number of pyridine rings is 1. The zero-order valence-electron chi connectivity index (χ0n) is 13.7. The highest BCUT2D eigenvalue weighted by atomic mass is 16.3. The Bertz CT molecular complexity index is 540.